The number of nitrogens with one attached hydrogen (secondary N) is 2. The fourth-order valence-corrected chi connectivity index (χ4v) is 5.23. The molecule has 1 aromatic heterocycles. The van der Waals surface area contributed by atoms with E-state index in [2.05, 4.69) is 10.1 Å². The molecule has 0 bridgehead atoms. The van der Waals surface area contributed by atoms with Crippen LogP contribution in [-0.4, -0.2) is 40.9 Å². The molecule has 0 amide bonds. The average Bonchev–Trinajstić information content (AvgIpc) is 3.39. The summed E-state index contributed by atoms with van der Waals surface area (Å²) in [5.74, 6) is -0.342. The molecule has 2 aromatic carbocycles. The highest BCUT2D eigenvalue weighted by Gasteiger charge is 2.34. The third kappa shape index (κ3) is 7.87. The summed E-state index contributed by atoms with van der Waals surface area (Å²) >= 11 is 0. The monoisotopic (exact) mass is 555 g/mol. The van der Waals surface area contributed by atoms with E-state index in [9.17, 15) is 18.9 Å². The van der Waals surface area contributed by atoms with E-state index in [4.69, 9.17) is 18.5 Å². The second-order valence-corrected chi connectivity index (χ2v) is 10.6. The smallest absolute Gasteiger partial charge is 0.459 e. The summed E-state index contributed by atoms with van der Waals surface area (Å²) in [6, 6.07) is 17.0. The third-order valence-corrected chi connectivity index (χ3v) is 7.43. The first kappa shape index (κ1) is 28.3. The molecule has 2 heterocycles. The molecule has 0 spiro atoms. The summed E-state index contributed by atoms with van der Waals surface area (Å²) in [5.41, 5.74) is 0.271. The van der Waals surface area contributed by atoms with Gasteiger partial charge in [0.2, 0.25) is 0 Å². The van der Waals surface area contributed by atoms with Crippen molar-refractivity contribution in [1.29, 1.82) is 0 Å². The quantitative estimate of drug-likeness (QED) is 0.196. The number of rotatable bonds is 12. The van der Waals surface area contributed by atoms with Crippen molar-refractivity contribution < 1.29 is 27.9 Å². The first-order valence-corrected chi connectivity index (χ1v) is 13.9. The highest BCUT2D eigenvalue weighted by Crippen LogP contribution is 2.45. The van der Waals surface area contributed by atoms with Crippen molar-refractivity contribution in [2.75, 3.05) is 13.2 Å². The first-order valence-electron chi connectivity index (χ1n) is 12.4. The number of esters is 1. The van der Waals surface area contributed by atoms with E-state index in [1.54, 1.807) is 49.4 Å². The normalized spacial score (nSPS) is 18.8. The molecule has 12 heteroatoms. The second-order valence-electron chi connectivity index (χ2n) is 8.88. The van der Waals surface area contributed by atoms with Gasteiger partial charge < -0.3 is 14.0 Å². The van der Waals surface area contributed by atoms with Crippen LogP contribution < -0.4 is 20.9 Å². The first-order chi connectivity index (χ1) is 18.7. The molecular formula is C27H30N3O8P. The van der Waals surface area contributed by atoms with Gasteiger partial charge in [0.05, 0.1) is 13.2 Å². The molecular weight excluding hydrogens is 525 g/mol. The third-order valence-electron chi connectivity index (χ3n) is 5.79. The van der Waals surface area contributed by atoms with Crippen molar-refractivity contribution >= 4 is 13.7 Å². The maximum absolute atomic E-state index is 13.7. The van der Waals surface area contributed by atoms with Crippen LogP contribution >= 0.6 is 7.75 Å². The van der Waals surface area contributed by atoms with E-state index in [1.807, 2.05) is 30.3 Å². The number of hydrogen-bond donors (Lipinski definition) is 2. The van der Waals surface area contributed by atoms with Gasteiger partial charge in [0.15, 0.2) is 6.23 Å². The highest BCUT2D eigenvalue weighted by molar-refractivity contribution is 7.52. The zero-order chi connectivity index (χ0) is 27.8. The SMILES string of the molecule is Cc1cn(C2C=CC(COP(=O)(NC(C)C(=O)OCCc3ccccc3)Oc3ccccc3)O2)c(=O)[nH]c1=O. The van der Waals surface area contributed by atoms with Gasteiger partial charge in [-0.2, -0.15) is 5.09 Å². The molecule has 0 saturated carbocycles. The Morgan fingerprint density at radius 3 is 2.51 bits per heavy atom. The zero-order valence-corrected chi connectivity index (χ0v) is 22.4. The summed E-state index contributed by atoms with van der Waals surface area (Å²) in [7, 11) is -4.09. The molecule has 0 fully saturated rings. The Morgan fingerprint density at radius 1 is 1.10 bits per heavy atom. The minimum absolute atomic E-state index is 0.158. The van der Waals surface area contributed by atoms with Crippen LogP contribution in [0.3, 0.4) is 0 Å². The lowest BCUT2D eigenvalue weighted by molar-refractivity contribution is -0.145. The van der Waals surface area contributed by atoms with E-state index < -0.39 is 43.3 Å². The Morgan fingerprint density at radius 2 is 1.79 bits per heavy atom. The predicted molar refractivity (Wildman–Crippen MR) is 143 cm³/mol. The van der Waals surface area contributed by atoms with Gasteiger partial charge in [-0.1, -0.05) is 54.6 Å². The number of hydrogen-bond acceptors (Lipinski definition) is 8. The number of carbonyl (C=O) groups excluding carboxylic acids is 1. The molecule has 0 aliphatic carbocycles. The van der Waals surface area contributed by atoms with Crippen molar-refractivity contribution in [3.63, 3.8) is 0 Å². The number of aromatic amines is 1. The summed E-state index contributed by atoms with van der Waals surface area (Å²) in [6.07, 6.45) is 3.73. The van der Waals surface area contributed by atoms with Gasteiger partial charge in [-0.15, -0.1) is 0 Å². The van der Waals surface area contributed by atoms with E-state index in [0.29, 0.717) is 12.0 Å². The van der Waals surface area contributed by atoms with Crippen LogP contribution in [0.25, 0.3) is 0 Å². The molecule has 4 unspecified atom stereocenters. The van der Waals surface area contributed by atoms with Crippen LogP contribution in [-0.2, 0) is 29.8 Å². The molecule has 39 heavy (non-hydrogen) atoms. The molecule has 4 atom stereocenters. The topological polar surface area (TPSA) is 138 Å². The summed E-state index contributed by atoms with van der Waals surface area (Å²) in [5, 5.41) is 2.64. The standard InChI is InChI=1S/C27H30N3O8P/c1-19-17-30(27(33)28-25(19)31)24-14-13-23(37-24)18-36-39(34,38-22-11-7-4-8-12-22)29-20(2)26(32)35-16-15-21-9-5-3-6-10-21/h3-14,17,20,23-24H,15-16,18H2,1-2H3,(H,29,34)(H,28,31,33). The number of aryl methyl sites for hydroxylation is 1. The van der Waals surface area contributed by atoms with Gasteiger partial charge in [-0.25, -0.2) is 9.36 Å². The summed E-state index contributed by atoms with van der Waals surface area (Å²) < 4.78 is 37.4. The lowest BCUT2D eigenvalue weighted by Gasteiger charge is -2.24. The minimum Gasteiger partial charge on any atom is -0.464 e. The predicted octanol–water partition coefficient (Wildman–Crippen LogP) is 3.27. The van der Waals surface area contributed by atoms with Crippen LogP contribution in [0.15, 0.2) is 88.6 Å². The Kier molecular flexibility index (Phi) is 9.32. The summed E-state index contributed by atoms with van der Waals surface area (Å²) in [6.45, 7) is 3.02. The fourth-order valence-electron chi connectivity index (χ4n) is 3.73. The van der Waals surface area contributed by atoms with Crippen molar-refractivity contribution in [2.45, 2.75) is 38.6 Å². The van der Waals surface area contributed by atoms with E-state index >= 15 is 0 Å². The summed E-state index contributed by atoms with van der Waals surface area (Å²) in [4.78, 5) is 38.7. The van der Waals surface area contributed by atoms with Gasteiger partial charge in [0.25, 0.3) is 5.56 Å². The largest absolute Gasteiger partial charge is 0.464 e. The van der Waals surface area contributed by atoms with Crippen molar-refractivity contribution in [3.05, 3.63) is 111 Å². The number of carbonyl (C=O) groups is 1. The zero-order valence-electron chi connectivity index (χ0n) is 21.5. The molecule has 0 saturated heterocycles. The molecule has 11 nitrogen and oxygen atoms in total. The van der Waals surface area contributed by atoms with Gasteiger partial charge >= 0.3 is 19.4 Å². The molecule has 2 N–H and O–H groups in total. The average molecular weight is 556 g/mol. The van der Waals surface area contributed by atoms with Gasteiger partial charge in [0, 0.05) is 18.2 Å². The van der Waals surface area contributed by atoms with Gasteiger partial charge in [0.1, 0.15) is 17.9 Å². The van der Waals surface area contributed by atoms with Gasteiger partial charge in [-0.05, 0) is 37.6 Å². The van der Waals surface area contributed by atoms with E-state index in [0.717, 1.165) is 5.56 Å². The number of aromatic nitrogens is 2. The second kappa shape index (κ2) is 12.9. The fraction of sp³-hybridized carbons (Fsp3) is 0.296. The molecule has 1 aliphatic rings. The Labute approximate surface area is 225 Å². The number of ether oxygens (including phenoxy) is 2. The van der Waals surface area contributed by atoms with Crippen molar-refractivity contribution in [2.24, 2.45) is 0 Å². The van der Waals surface area contributed by atoms with E-state index in [-0.39, 0.29) is 19.0 Å². The van der Waals surface area contributed by atoms with Gasteiger partial charge in [-0.3, -0.25) is 23.7 Å². The number of para-hydroxylation sites is 1. The Balaban J connectivity index is 1.37. The van der Waals surface area contributed by atoms with Crippen molar-refractivity contribution in [3.8, 4) is 5.75 Å². The van der Waals surface area contributed by atoms with Crippen LogP contribution in [0.4, 0.5) is 0 Å². The van der Waals surface area contributed by atoms with Crippen LogP contribution in [0.2, 0.25) is 0 Å². The maximum Gasteiger partial charge on any atom is 0.459 e. The van der Waals surface area contributed by atoms with Crippen LogP contribution in [0.1, 0.15) is 24.3 Å². The molecule has 3 aromatic rings. The van der Waals surface area contributed by atoms with E-state index in [1.165, 1.54) is 17.7 Å². The Hall–Kier alpha value is -3.76. The number of H-pyrrole nitrogens is 1. The lowest BCUT2D eigenvalue weighted by atomic mass is 10.2. The number of nitrogens with zero attached hydrogens (tertiary/aromatic N) is 1. The maximum atomic E-state index is 13.7. The number of benzene rings is 2. The highest BCUT2D eigenvalue weighted by atomic mass is 31.2. The lowest BCUT2D eigenvalue weighted by Crippen LogP contribution is -2.36. The molecule has 0 radical (unpaired) electrons. The minimum atomic E-state index is -4.09. The molecule has 1 aliphatic heterocycles. The van der Waals surface area contributed by atoms with Crippen LogP contribution in [0, 0.1) is 6.92 Å². The molecule has 206 valence electrons. The Bertz CT molecular complexity index is 1460. The van der Waals surface area contributed by atoms with Crippen molar-refractivity contribution in [1.82, 2.24) is 14.6 Å². The van der Waals surface area contributed by atoms with Crippen LogP contribution in [0.5, 0.6) is 5.75 Å². The molecule has 4 rings (SSSR count).